The summed E-state index contributed by atoms with van der Waals surface area (Å²) in [6, 6.07) is 6.20. The van der Waals surface area contributed by atoms with Crippen molar-refractivity contribution in [2.75, 3.05) is 0 Å². The Morgan fingerprint density at radius 2 is 1.96 bits per heavy atom. The van der Waals surface area contributed by atoms with Gasteiger partial charge in [-0.3, -0.25) is 15.6 Å². The smallest absolute Gasteiger partial charge is 0.238 e. The number of carbonyl (C=O) groups excluding carboxylic acids is 1. The van der Waals surface area contributed by atoms with Crippen LogP contribution in [0.15, 0.2) is 24.3 Å². The second-order valence-corrected chi connectivity index (χ2v) is 7.03. The summed E-state index contributed by atoms with van der Waals surface area (Å²) in [5.74, 6) is 1.87. The molecule has 4 nitrogen and oxygen atoms in total. The van der Waals surface area contributed by atoms with Crippen molar-refractivity contribution in [2.45, 2.75) is 38.6 Å². The number of carbonyl (C=O) groups is 1. The third-order valence-electron chi connectivity index (χ3n) is 5.01. The Bertz CT molecular complexity index is 578. The summed E-state index contributed by atoms with van der Waals surface area (Å²) >= 11 is 5.12. The number of benzene rings is 1. The molecule has 2 saturated carbocycles. The molecule has 1 amide bonds. The molecule has 2 aliphatic carbocycles. The topological polar surface area (TPSA) is 53.2 Å². The van der Waals surface area contributed by atoms with Crippen molar-refractivity contribution in [3.05, 3.63) is 35.6 Å². The summed E-state index contributed by atoms with van der Waals surface area (Å²) in [5, 5.41) is 3.33. The van der Waals surface area contributed by atoms with Gasteiger partial charge >= 0.3 is 0 Å². The largest absolute Gasteiger partial charge is 0.357 e. The first-order valence-electron chi connectivity index (χ1n) is 8.17. The molecule has 23 heavy (non-hydrogen) atoms. The molecule has 0 aliphatic heterocycles. The van der Waals surface area contributed by atoms with Crippen molar-refractivity contribution in [3.63, 3.8) is 0 Å². The first-order chi connectivity index (χ1) is 11.1. The van der Waals surface area contributed by atoms with Crippen LogP contribution in [0.25, 0.3) is 0 Å². The van der Waals surface area contributed by atoms with Gasteiger partial charge in [0.05, 0.1) is 0 Å². The molecule has 2 bridgehead atoms. The third-order valence-corrected chi connectivity index (χ3v) is 5.26. The molecule has 1 aromatic rings. The van der Waals surface area contributed by atoms with Crippen LogP contribution in [0.4, 0.5) is 4.39 Å². The molecule has 3 rings (SSSR count). The van der Waals surface area contributed by atoms with Gasteiger partial charge in [0, 0.05) is 13.0 Å². The highest BCUT2D eigenvalue weighted by molar-refractivity contribution is 7.80. The normalized spacial score (nSPS) is 25.2. The Kier molecular flexibility index (Phi) is 5.10. The maximum atomic E-state index is 12.8. The highest BCUT2D eigenvalue weighted by atomic mass is 32.1. The first kappa shape index (κ1) is 16.2. The molecular formula is C17H22FN3OS. The molecule has 2 aliphatic rings. The molecule has 3 atom stereocenters. The van der Waals surface area contributed by atoms with Crippen LogP contribution < -0.4 is 16.2 Å². The van der Waals surface area contributed by atoms with E-state index in [4.69, 9.17) is 12.2 Å². The molecule has 2 fully saturated rings. The van der Waals surface area contributed by atoms with Crippen LogP contribution in [0, 0.1) is 23.6 Å². The monoisotopic (exact) mass is 335 g/mol. The lowest BCUT2D eigenvalue weighted by atomic mass is 9.86. The third kappa shape index (κ3) is 4.41. The van der Waals surface area contributed by atoms with Gasteiger partial charge in [-0.15, -0.1) is 0 Å². The maximum absolute atomic E-state index is 12.8. The maximum Gasteiger partial charge on any atom is 0.238 e. The van der Waals surface area contributed by atoms with E-state index in [-0.39, 0.29) is 11.7 Å². The zero-order chi connectivity index (χ0) is 16.2. The van der Waals surface area contributed by atoms with Gasteiger partial charge in [-0.25, -0.2) is 4.39 Å². The highest BCUT2D eigenvalue weighted by Gasteiger charge is 2.40. The van der Waals surface area contributed by atoms with E-state index in [2.05, 4.69) is 16.2 Å². The molecule has 0 spiro atoms. The SMILES string of the molecule is O=C(C[C@H]1C[C@H]2CC[C@@H]1C2)NNC(=S)NCc1ccc(F)cc1. The molecule has 6 heteroatoms. The molecule has 0 unspecified atom stereocenters. The molecule has 0 aromatic heterocycles. The summed E-state index contributed by atoms with van der Waals surface area (Å²) in [4.78, 5) is 12.0. The Morgan fingerprint density at radius 3 is 2.61 bits per heavy atom. The molecule has 1 aromatic carbocycles. The Morgan fingerprint density at radius 1 is 1.17 bits per heavy atom. The van der Waals surface area contributed by atoms with E-state index in [0.717, 1.165) is 17.4 Å². The quantitative estimate of drug-likeness (QED) is 0.585. The fourth-order valence-corrected chi connectivity index (χ4v) is 3.99. The second kappa shape index (κ2) is 7.25. The summed E-state index contributed by atoms with van der Waals surface area (Å²) in [6.45, 7) is 0.481. The van der Waals surface area contributed by atoms with Gasteiger partial charge in [-0.2, -0.15) is 0 Å². The predicted molar refractivity (Wildman–Crippen MR) is 90.7 cm³/mol. The summed E-state index contributed by atoms with van der Waals surface area (Å²) in [6.07, 6.45) is 5.72. The average Bonchev–Trinajstić information content (AvgIpc) is 3.15. The lowest BCUT2D eigenvalue weighted by Crippen LogP contribution is -2.47. The van der Waals surface area contributed by atoms with Crippen molar-refractivity contribution in [2.24, 2.45) is 17.8 Å². The van der Waals surface area contributed by atoms with Gasteiger partial charge in [0.2, 0.25) is 5.91 Å². The van der Waals surface area contributed by atoms with Crippen LogP contribution in [-0.2, 0) is 11.3 Å². The number of nitrogens with one attached hydrogen (secondary N) is 3. The van der Waals surface area contributed by atoms with E-state index < -0.39 is 0 Å². The Balaban J connectivity index is 1.34. The number of amides is 1. The van der Waals surface area contributed by atoms with Crippen molar-refractivity contribution in [1.82, 2.24) is 16.2 Å². The van der Waals surface area contributed by atoms with Crippen molar-refractivity contribution in [1.29, 1.82) is 0 Å². The second-order valence-electron chi connectivity index (χ2n) is 6.62. The number of hydrazine groups is 1. The number of halogens is 1. The van der Waals surface area contributed by atoms with Crippen LogP contribution in [0.5, 0.6) is 0 Å². The predicted octanol–water partition coefficient (Wildman–Crippen LogP) is 2.65. The molecule has 3 N–H and O–H groups in total. The molecule has 0 saturated heterocycles. The zero-order valence-corrected chi connectivity index (χ0v) is 13.8. The van der Waals surface area contributed by atoms with Crippen molar-refractivity contribution >= 4 is 23.2 Å². The number of rotatable bonds is 4. The number of hydrogen-bond acceptors (Lipinski definition) is 2. The van der Waals surface area contributed by atoms with Gasteiger partial charge in [0.15, 0.2) is 5.11 Å². The minimum atomic E-state index is -0.262. The van der Waals surface area contributed by atoms with Crippen LogP contribution >= 0.6 is 12.2 Å². The molecule has 124 valence electrons. The van der Waals surface area contributed by atoms with E-state index in [9.17, 15) is 9.18 Å². The Labute approximate surface area is 141 Å². The van der Waals surface area contributed by atoms with Crippen LogP contribution in [-0.4, -0.2) is 11.0 Å². The van der Waals surface area contributed by atoms with E-state index in [0.29, 0.717) is 24.0 Å². The van der Waals surface area contributed by atoms with E-state index in [1.54, 1.807) is 12.1 Å². The first-order valence-corrected chi connectivity index (χ1v) is 8.58. The standard InChI is InChI=1S/C17H22FN3OS/c18-15-5-2-11(3-6-15)10-19-17(23)21-20-16(22)9-14-8-12-1-4-13(14)7-12/h2-3,5-6,12-14H,1,4,7-10H2,(H,20,22)(H2,19,21,23)/t12-,13+,14+/m0/s1. The van der Waals surface area contributed by atoms with Crippen LogP contribution in [0.2, 0.25) is 0 Å². The van der Waals surface area contributed by atoms with Crippen molar-refractivity contribution in [3.8, 4) is 0 Å². The summed E-state index contributed by atoms with van der Waals surface area (Å²) in [5.41, 5.74) is 6.31. The van der Waals surface area contributed by atoms with Gasteiger partial charge in [0.1, 0.15) is 5.82 Å². The average molecular weight is 335 g/mol. The van der Waals surface area contributed by atoms with E-state index in [1.807, 2.05) is 0 Å². The van der Waals surface area contributed by atoms with Crippen LogP contribution in [0.1, 0.15) is 37.7 Å². The van der Waals surface area contributed by atoms with Gasteiger partial charge < -0.3 is 5.32 Å². The number of hydrogen-bond donors (Lipinski definition) is 3. The fraction of sp³-hybridized carbons (Fsp3) is 0.529. The van der Waals surface area contributed by atoms with Gasteiger partial charge in [-0.1, -0.05) is 18.6 Å². The van der Waals surface area contributed by atoms with Gasteiger partial charge in [0.25, 0.3) is 0 Å². The van der Waals surface area contributed by atoms with E-state index in [1.165, 1.54) is 37.8 Å². The molecule has 0 heterocycles. The van der Waals surface area contributed by atoms with Crippen molar-refractivity contribution < 1.29 is 9.18 Å². The van der Waals surface area contributed by atoms with Gasteiger partial charge in [-0.05, 0) is 66.9 Å². The lowest BCUT2D eigenvalue weighted by Gasteiger charge is -2.21. The summed E-state index contributed by atoms with van der Waals surface area (Å²) < 4.78 is 12.8. The summed E-state index contributed by atoms with van der Waals surface area (Å²) in [7, 11) is 0. The Hall–Kier alpha value is -1.69. The molecule has 0 radical (unpaired) electrons. The fourth-order valence-electron chi connectivity index (χ4n) is 3.87. The molecular weight excluding hydrogens is 313 g/mol. The zero-order valence-electron chi connectivity index (χ0n) is 13.0. The minimum Gasteiger partial charge on any atom is -0.357 e. The van der Waals surface area contributed by atoms with Crippen LogP contribution in [0.3, 0.4) is 0 Å². The lowest BCUT2D eigenvalue weighted by molar-refractivity contribution is -0.122. The number of fused-ring (bicyclic) bond motifs is 2. The minimum absolute atomic E-state index is 0.00604. The van der Waals surface area contributed by atoms with E-state index >= 15 is 0 Å². The number of thiocarbonyl (C=S) groups is 1. The highest BCUT2D eigenvalue weighted by Crippen LogP contribution is 2.49.